The summed E-state index contributed by atoms with van der Waals surface area (Å²) < 4.78 is 14.6. The average Bonchev–Trinajstić information content (AvgIpc) is 2.81. The van der Waals surface area contributed by atoms with Crippen LogP contribution in [0.25, 0.3) is 0 Å². The van der Waals surface area contributed by atoms with Crippen molar-refractivity contribution in [3.63, 3.8) is 0 Å². The van der Waals surface area contributed by atoms with Gasteiger partial charge in [-0.1, -0.05) is 0 Å². The van der Waals surface area contributed by atoms with Gasteiger partial charge in [0.15, 0.2) is 0 Å². The Bertz CT molecular complexity index is 190. The van der Waals surface area contributed by atoms with Crippen LogP contribution in [0.2, 0.25) is 0 Å². The van der Waals surface area contributed by atoms with E-state index < -0.39 is 6.84 Å². The molecule has 0 aliphatic carbocycles. The Labute approximate surface area is 109 Å². The molecule has 0 aromatic carbocycles. The van der Waals surface area contributed by atoms with E-state index in [1.807, 2.05) is 0 Å². The van der Waals surface area contributed by atoms with Crippen LogP contribution in [0.4, 0.5) is 0 Å². The van der Waals surface area contributed by atoms with Gasteiger partial charge in [-0.15, -0.1) is 0 Å². The lowest BCUT2D eigenvalue weighted by atomic mass is 10.5. The van der Waals surface area contributed by atoms with E-state index in [2.05, 4.69) is 63.7 Å². The van der Waals surface area contributed by atoms with E-state index in [1.54, 1.807) is 0 Å². The van der Waals surface area contributed by atoms with Gasteiger partial charge in [0, 0.05) is 0 Å². The summed E-state index contributed by atoms with van der Waals surface area (Å²) >= 11 is 13.6. The predicted molar refractivity (Wildman–Crippen MR) is 61.7 cm³/mol. The summed E-state index contributed by atoms with van der Waals surface area (Å²) in [5.74, 6) is 0. The zero-order valence-corrected chi connectivity index (χ0v) is 12.6. The first-order chi connectivity index (χ1) is 5.92. The lowest BCUT2D eigenvalue weighted by molar-refractivity contribution is 0.0336. The molecule has 0 N–H and O–H groups in total. The summed E-state index contributed by atoms with van der Waals surface area (Å²) in [5.41, 5.74) is 0. The Kier molecular flexibility index (Phi) is 3.19. The van der Waals surface area contributed by atoms with Gasteiger partial charge in [-0.25, -0.2) is 0 Å². The first-order valence-corrected chi connectivity index (χ1v) is 6.78. The van der Waals surface area contributed by atoms with Crippen molar-refractivity contribution >= 4 is 63.7 Å². The van der Waals surface area contributed by atoms with Crippen molar-refractivity contribution in [1.29, 1.82) is 0 Å². The zero-order valence-electron chi connectivity index (χ0n) is 6.31. The quantitative estimate of drug-likeness (QED) is 0.493. The topological polar surface area (TPSA) is 34.3 Å². The Morgan fingerprint density at radius 1 is 0.923 bits per heavy atom. The Hall–Kier alpha value is 1.80. The maximum atomic E-state index is 5.69. The van der Waals surface area contributed by atoms with Crippen molar-refractivity contribution in [3.8, 4) is 0 Å². The average molecular weight is 446 g/mol. The normalized spacial score (nSPS) is 33.2. The highest BCUT2D eigenvalue weighted by Gasteiger charge is 2.54. The zero-order chi connectivity index (χ0) is 9.69. The molecule has 7 heteroatoms. The summed E-state index contributed by atoms with van der Waals surface area (Å²) in [4.78, 5) is 0. The van der Waals surface area contributed by atoms with E-state index >= 15 is 0 Å². The van der Waals surface area contributed by atoms with E-state index in [1.165, 1.54) is 0 Å². The Morgan fingerprint density at radius 3 is 1.46 bits per heavy atom. The van der Waals surface area contributed by atoms with Crippen molar-refractivity contribution in [2.75, 3.05) is 13.2 Å². The molecule has 13 heavy (non-hydrogen) atoms. The van der Waals surface area contributed by atoms with Gasteiger partial charge in [-0.05, 0) is 63.7 Å². The fourth-order valence-corrected chi connectivity index (χ4v) is 3.74. The monoisotopic (exact) mass is 442 g/mol. The van der Waals surface area contributed by atoms with Crippen molar-refractivity contribution < 1.29 is 14.2 Å². The summed E-state index contributed by atoms with van der Waals surface area (Å²) in [6.07, 6.45) is 0.0847. The summed E-state index contributed by atoms with van der Waals surface area (Å²) in [6, 6.07) is 0. The third kappa shape index (κ3) is 2.89. The molecule has 76 valence electrons. The molecule has 0 aromatic heterocycles. The van der Waals surface area contributed by atoms with Crippen molar-refractivity contribution in [2.24, 2.45) is 0 Å². The smallest absolute Gasteiger partial charge is 0.208 e. The standard InChI is InChI=1S/C6H6Br4O3/c7-5(8,3-1-11-3)13-6(9,10)4-2-12-4/h3-4H,1-2H2. The molecule has 0 amide bonds. The van der Waals surface area contributed by atoms with Crippen LogP contribution in [0.1, 0.15) is 0 Å². The maximum Gasteiger partial charge on any atom is 0.208 e. The first kappa shape index (κ1) is 11.3. The van der Waals surface area contributed by atoms with E-state index in [4.69, 9.17) is 14.2 Å². The Balaban J connectivity index is 1.94. The third-order valence-corrected chi connectivity index (χ3v) is 4.38. The molecular weight excluding hydrogens is 440 g/mol. The fraction of sp³-hybridized carbons (Fsp3) is 1.00. The van der Waals surface area contributed by atoms with Gasteiger partial charge in [-0.2, -0.15) is 0 Å². The van der Waals surface area contributed by atoms with Gasteiger partial charge in [0.1, 0.15) is 12.2 Å². The van der Waals surface area contributed by atoms with Gasteiger partial charge >= 0.3 is 0 Å². The molecule has 3 nitrogen and oxygen atoms in total. The molecule has 2 saturated heterocycles. The third-order valence-electron chi connectivity index (χ3n) is 1.69. The lowest BCUT2D eigenvalue weighted by Crippen LogP contribution is -2.36. The minimum absolute atomic E-state index is 0.0423. The molecule has 0 aromatic rings. The van der Waals surface area contributed by atoms with Gasteiger partial charge in [-0.3, -0.25) is 0 Å². The molecule has 0 saturated carbocycles. The molecule has 0 bridgehead atoms. The van der Waals surface area contributed by atoms with Crippen LogP contribution in [0, 0.1) is 0 Å². The molecule has 0 spiro atoms. The summed E-state index contributed by atoms with van der Waals surface area (Å²) in [6.45, 7) is 1.39. The highest BCUT2D eigenvalue weighted by atomic mass is 79.9. The van der Waals surface area contributed by atoms with Crippen LogP contribution in [-0.4, -0.2) is 32.3 Å². The van der Waals surface area contributed by atoms with Gasteiger partial charge in [0.05, 0.1) is 13.2 Å². The molecule has 0 radical (unpaired) electrons. The van der Waals surface area contributed by atoms with Crippen molar-refractivity contribution in [3.05, 3.63) is 0 Å². The SMILES string of the molecule is BrC(Br)(OC(Br)(Br)C1CO1)C1CO1. The van der Waals surface area contributed by atoms with Gasteiger partial charge < -0.3 is 14.2 Å². The predicted octanol–water partition coefficient (Wildman–Crippen LogP) is 2.69. The molecule has 2 aliphatic rings. The summed E-state index contributed by atoms with van der Waals surface area (Å²) in [5, 5.41) is 0. The number of hydrogen-bond donors (Lipinski definition) is 0. The molecule has 2 fully saturated rings. The van der Waals surface area contributed by atoms with E-state index in [-0.39, 0.29) is 12.2 Å². The molecule has 2 unspecified atom stereocenters. The number of hydrogen-bond acceptors (Lipinski definition) is 3. The molecule has 2 aliphatic heterocycles. The molecule has 2 heterocycles. The molecular formula is C6H6Br4O3. The highest BCUT2D eigenvalue weighted by molar-refractivity contribution is 9.26. The largest absolute Gasteiger partial charge is 0.368 e. The number of rotatable bonds is 4. The fourth-order valence-electron chi connectivity index (χ4n) is 0.797. The second-order valence-corrected chi connectivity index (χ2v) is 9.71. The van der Waals surface area contributed by atoms with Crippen LogP contribution >= 0.6 is 63.7 Å². The molecule has 2 atom stereocenters. The minimum atomic E-state index is -0.654. The highest BCUT2D eigenvalue weighted by Crippen LogP contribution is 2.49. The van der Waals surface area contributed by atoms with E-state index in [0.717, 1.165) is 0 Å². The van der Waals surface area contributed by atoms with Crippen molar-refractivity contribution in [1.82, 2.24) is 0 Å². The van der Waals surface area contributed by atoms with Crippen LogP contribution < -0.4 is 0 Å². The lowest BCUT2D eigenvalue weighted by Gasteiger charge is -2.27. The van der Waals surface area contributed by atoms with E-state index in [9.17, 15) is 0 Å². The second kappa shape index (κ2) is 3.68. The van der Waals surface area contributed by atoms with Crippen LogP contribution in [0.5, 0.6) is 0 Å². The molecule has 2 rings (SSSR count). The van der Waals surface area contributed by atoms with Gasteiger partial charge in [0.25, 0.3) is 0 Å². The van der Waals surface area contributed by atoms with Crippen LogP contribution in [0.15, 0.2) is 0 Å². The number of epoxide rings is 2. The van der Waals surface area contributed by atoms with Crippen molar-refractivity contribution in [2.45, 2.75) is 19.0 Å². The first-order valence-electron chi connectivity index (χ1n) is 3.61. The van der Waals surface area contributed by atoms with E-state index in [0.29, 0.717) is 13.2 Å². The number of alkyl halides is 4. The number of halogens is 4. The maximum absolute atomic E-state index is 5.69. The van der Waals surface area contributed by atoms with Gasteiger partial charge in [0.2, 0.25) is 6.84 Å². The Morgan fingerprint density at radius 2 is 1.23 bits per heavy atom. The minimum Gasteiger partial charge on any atom is -0.368 e. The number of ether oxygens (including phenoxy) is 3. The van der Waals surface area contributed by atoms with Crippen LogP contribution in [0.3, 0.4) is 0 Å². The van der Waals surface area contributed by atoms with Crippen LogP contribution in [-0.2, 0) is 14.2 Å². The summed E-state index contributed by atoms with van der Waals surface area (Å²) in [7, 11) is 0. The second-order valence-electron chi connectivity index (χ2n) is 2.87.